The van der Waals surface area contributed by atoms with Crippen LogP contribution in [0.3, 0.4) is 0 Å². The van der Waals surface area contributed by atoms with Crippen LogP contribution in [0.1, 0.15) is 70.7 Å². The Bertz CT molecular complexity index is 992. The molecule has 0 saturated heterocycles. The number of aliphatic carboxylic acids is 1. The van der Waals surface area contributed by atoms with Crippen molar-refractivity contribution < 1.29 is 87.1 Å². The number of hydrogen-bond acceptors (Lipinski definition) is 12. The molecule has 0 aromatic heterocycles. The number of carbonyl (C=O) groups is 6. The smallest absolute Gasteiger partial charge is 0.550 e. The molecule has 0 aliphatic rings. The molecular weight excluding hydrogens is 515 g/mol. The molecule has 38 heavy (non-hydrogen) atoms. The minimum atomic E-state index is -1.36. The summed E-state index contributed by atoms with van der Waals surface area (Å²) in [5.41, 5.74) is 0.0142. The number of carbonyl (C=O) groups excluding carboxylic acids is 6. The number of benzene rings is 1. The Kier molecular flexibility index (Phi) is 16.2. The quantitative estimate of drug-likeness (QED) is 0.112. The van der Waals surface area contributed by atoms with Crippen LogP contribution in [0.15, 0.2) is 24.3 Å². The second-order valence-corrected chi connectivity index (χ2v) is 8.40. The predicted octanol–water partition coefficient (Wildman–Crippen LogP) is -1.73. The molecule has 0 radical (unpaired) electrons. The summed E-state index contributed by atoms with van der Waals surface area (Å²) in [4.78, 5) is 70.1. The summed E-state index contributed by atoms with van der Waals surface area (Å²) < 4.78 is 25.3. The molecule has 204 valence electrons. The van der Waals surface area contributed by atoms with Crippen LogP contribution in [0.25, 0.3) is 0 Å². The molecule has 0 fully saturated rings. The first kappa shape index (κ1) is 35.0. The van der Waals surface area contributed by atoms with Crippen LogP contribution in [0.2, 0.25) is 0 Å². The number of hydrogen-bond donors (Lipinski definition) is 0. The van der Waals surface area contributed by atoms with Gasteiger partial charge >= 0.3 is 59.4 Å². The Morgan fingerprint density at radius 2 is 1.08 bits per heavy atom. The molecule has 0 heterocycles. The first-order chi connectivity index (χ1) is 17.3. The standard InChI is InChI=1S/C25H32O12.Na/c1-14(10-21(27)28)33-22(29)11-15(2)34-23(30)12-16(3)35-24(31)13-17(4)36-25(32)19-8-6-7-9-20(19)37-18(5)26;/h6-9,14-17H,10-13H2,1-5H3,(H,27,28);/q;+1/p-1/t14-,15-,16-,17-;/m0./s1. The largest absolute Gasteiger partial charge is 1.00 e. The molecule has 0 spiro atoms. The molecule has 0 N–H and O–H groups in total. The molecule has 0 bridgehead atoms. The molecule has 0 saturated carbocycles. The summed E-state index contributed by atoms with van der Waals surface area (Å²) >= 11 is 0. The van der Waals surface area contributed by atoms with Gasteiger partial charge in [0, 0.05) is 19.3 Å². The van der Waals surface area contributed by atoms with Crippen molar-refractivity contribution in [3.05, 3.63) is 29.8 Å². The number of esters is 5. The summed E-state index contributed by atoms with van der Waals surface area (Å²) in [6, 6.07) is 5.98. The van der Waals surface area contributed by atoms with Crippen molar-refractivity contribution in [1.82, 2.24) is 0 Å². The molecule has 4 atom stereocenters. The topological polar surface area (TPSA) is 172 Å². The van der Waals surface area contributed by atoms with E-state index < -0.39 is 66.7 Å². The number of carboxylic acid groups (broad SMARTS) is 1. The molecule has 0 amide bonds. The fourth-order valence-electron chi connectivity index (χ4n) is 3.05. The van der Waals surface area contributed by atoms with Gasteiger partial charge in [-0.1, -0.05) is 12.1 Å². The third kappa shape index (κ3) is 14.7. The van der Waals surface area contributed by atoms with Gasteiger partial charge < -0.3 is 33.6 Å². The van der Waals surface area contributed by atoms with Crippen LogP contribution in [0, 0.1) is 0 Å². The Labute approximate surface area is 242 Å². The molecule has 1 aromatic carbocycles. The van der Waals surface area contributed by atoms with Gasteiger partial charge in [-0.3, -0.25) is 19.2 Å². The van der Waals surface area contributed by atoms with Crippen molar-refractivity contribution in [2.24, 2.45) is 0 Å². The Balaban J connectivity index is 0.0000137. The summed E-state index contributed by atoms with van der Waals surface area (Å²) in [5, 5.41) is 10.5. The maximum absolute atomic E-state index is 12.4. The van der Waals surface area contributed by atoms with E-state index in [1.165, 1.54) is 46.8 Å². The third-order valence-corrected chi connectivity index (χ3v) is 4.48. The van der Waals surface area contributed by atoms with E-state index in [9.17, 15) is 33.9 Å². The van der Waals surface area contributed by atoms with Crippen LogP contribution in [0.5, 0.6) is 5.75 Å². The number of rotatable bonds is 14. The van der Waals surface area contributed by atoms with Crippen molar-refractivity contribution in [2.45, 2.75) is 84.7 Å². The van der Waals surface area contributed by atoms with Gasteiger partial charge in [-0.2, -0.15) is 0 Å². The van der Waals surface area contributed by atoms with Gasteiger partial charge in [-0.05, 0) is 39.8 Å². The third-order valence-electron chi connectivity index (χ3n) is 4.48. The zero-order chi connectivity index (χ0) is 28.1. The van der Waals surface area contributed by atoms with E-state index in [-0.39, 0.29) is 60.1 Å². The van der Waals surface area contributed by atoms with Crippen LogP contribution < -0.4 is 39.4 Å². The average Bonchev–Trinajstić information content (AvgIpc) is 2.71. The van der Waals surface area contributed by atoms with Gasteiger partial charge in [0.15, 0.2) is 0 Å². The maximum atomic E-state index is 12.4. The van der Waals surface area contributed by atoms with Crippen LogP contribution >= 0.6 is 0 Å². The monoisotopic (exact) mass is 546 g/mol. The van der Waals surface area contributed by atoms with Gasteiger partial charge in [0.2, 0.25) is 0 Å². The van der Waals surface area contributed by atoms with E-state index in [0.29, 0.717) is 0 Å². The minimum Gasteiger partial charge on any atom is -0.550 e. The second kappa shape index (κ2) is 17.5. The van der Waals surface area contributed by atoms with E-state index in [2.05, 4.69) is 0 Å². The molecule has 1 rings (SSSR count). The van der Waals surface area contributed by atoms with Crippen molar-refractivity contribution in [3.8, 4) is 5.75 Å². The van der Waals surface area contributed by atoms with Crippen LogP contribution in [-0.4, -0.2) is 60.2 Å². The molecule has 13 heteroatoms. The SMILES string of the molecule is CC(=O)Oc1ccccc1C(=O)O[C@@H](C)CC(=O)O[C@@H](C)CC(=O)O[C@@H](C)CC(=O)O[C@@H](C)CC(=O)[O-].[Na+]. The van der Waals surface area contributed by atoms with Crippen LogP contribution in [-0.2, 0) is 42.9 Å². The van der Waals surface area contributed by atoms with Crippen LogP contribution in [0.4, 0.5) is 0 Å². The van der Waals surface area contributed by atoms with Gasteiger partial charge in [-0.25, -0.2) is 4.79 Å². The van der Waals surface area contributed by atoms with Gasteiger partial charge in [0.05, 0.1) is 19.3 Å². The molecule has 0 unspecified atom stereocenters. The van der Waals surface area contributed by atoms with Crippen molar-refractivity contribution in [3.63, 3.8) is 0 Å². The van der Waals surface area contributed by atoms with Crippen molar-refractivity contribution >= 4 is 35.8 Å². The average molecular weight is 547 g/mol. The minimum absolute atomic E-state index is 0. The van der Waals surface area contributed by atoms with Gasteiger partial charge in [0.1, 0.15) is 35.7 Å². The molecule has 0 aliphatic heterocycles. The fraction of sp³-hybridized carbons (Fsp3) is 0.520. The number of carboxylic acids is 1. The summed E-state index contributed by atoms with van der Waals surface area (Å²) in [7, 11) is 0. The maximum Gasteiger partial charge on any atom is 1.00 e. The fourth-order valence-corrected chi connectivity index (χ4v) is 3.05. The zero-order valence-corrected chi connectivity index (χ0v) is 24.3. The molecular formula is C25H31NaO12. The Morgan fingerprint density at radius 3 is 1.50 bits per heavy atom. The Hall–Kier alpha value is -2.96. The van der Waals surface area contributed by atoms with Crippen molar-refractivity contribution in [1.29, 1.82) is 0 Å². The van der Waals surface area contributed by atoms with Gasteiger partial charge in [0.25, 0.3) is 0 Å². The second-order valence-electron chi connectivity index (χ2n) is 8.40. The summed E-state index contributed by atoms with van der Waals surface area (Å²) in [6.07, 6.45) is -4.83. The summed E-state index contributed by atoms with van der Waals surface area (Å²) in [6.45, 7) is 6.97. The zero-order valence-electron chi connectivity index (χ0n) is 22.3. The number of ether oxygens (including phenoxy) is 5. The van der Waals surface area contributed by atoms with E-state index in [0.717, 1.165) is 0 Å². The normalized spacial score (nSPS) is 13.4. The molecule has 0 aliphatic carbocycles. The molecule has 1 aromatic rings. The van der Waals surface area contributed by atoms with E-state index in [1.54, 1.807) is 12.1 Å². The molecule has 12 nitrogen and oxygen atoms in total. The first-order valence-electron chi connectivity index (χ1n) is 11.5. The number of para-hydroxylation sites is 1. The van der Waals surface area contributed by atoms with Crippen molar-refractivity contribution in [2.75, 3.05) is 0 Å². The first-order valence-corrected chi connectivity index (χ1v) is 11.5. The van der Waals surface area contributed by atoms with E-state index in [1.807, 2.05) is 0 Å². The van der Waals surface area contributed by atoms with E-state index >= 15 is 0 Å². The summed E-state index contributed by atoms with van der Waals surface area (Å²) in [5.74, 6) is -4.95. The van der Waals surface area contributed by atoms with Gasteiger partial charge in [-0.15, -0.1) is 0 Å². The Morgan fingerprint density at radius 1 is 0.684 bits per heavy atom. The van der Waals surface area contributed by atoms with E-state index in [4.69, 9.17) is 23.7 Å². The predicted molar refractivity (Wildman–Crippen MR) is 123 cm³/mol.